The smallest absolute Gasteiger partial charge is 0.227 e. The summed E-state index contributed by atoms with van der Waals surface area (Å²) in [6.07, 6.45) is 1.08. The van der Waals surface area contributed by atoms with Crippen molar-refractivity contribution in [3.05, 3.63) is 30.3 Å². The minimum Gasteiger partial charge on any atom is -0.382 e. The molecule has 0 aliphatic carbocycles. The third kappa shape index (κ3) is 4.29. The van der Waals surface area contributed by atoms with Gasteiger partial charge < -0.3 is 15.0 Å². The van der Waals surface area contributed by atoms with E-state index >= 15 is 0 Å². The highest BCUT2D eigenvalue weighted by Crippen LogP contribution is 2.24. The van der Waals surface area contributed by atoms with E-state index in [-0.39, 0.29) is 24.2 Å². The van der Waals surface area contributed by atoms with Crippen LogP contribution in [0.2, 0.25) is 0 Å². The Morgan fingerprint density at radius 1 is 1.38 bits per heavy atom. The van der Waals surface area contributed by atoms with Gasteiger partial charge in [0.2, 0.25) is 11.8 Å². The van der Waals surface area contributed by atoms with Crippen LogP contribution in [0.3, 0.4) is 0 Å². The molecule has 1 N–H and O–H groups in total. The molecule has 21 heavy (non-hydrogen) atoms. The molecule has 0 spiro atoms. The highest BCUT2D eigenvalue weighted by Gasteiger charge is 2.34. The van der Waals surface area contributed by atoms with Gasteiger partial charge in [0.15, 0.2) is 0 Å². The van der Waals surface area contributed by atoms with E-state index in [0.29, 0.717) is 26.3 Å². The molecule has 1 aliphatic rings. The molecule has 1 aromatic carbocycles. The quantitative estimate of drug-likeness (QED) is 0.776. The fraction of sp³-hybridized carbons (Fsp3) is 0.500. The van der Waals surface area contributed by atoms with Gasteiger partial charge in [0.05, 0.1) is 5.92 Å². The van der Waals surface area contributed by atoms with Gasteiger partial charge in [0.1, 0.15) is 0 Å². The van der Waals surface area contributed by atoms with Crippen LogP contribution in [0, 0.1) is 5.92 Å². The molecule has 1 aliphatic heterocycles. The number of anilines is 1. The SMILES string of the molecule is CCOCCCNC(=O)[C@@H]1CC(=O)N(c2ccccc2)C1. The van der Waals surface area contributed by atoms with Crippen LogP contribution >= 0.6 is 0 Å². The van der Waals surface area contributed by atoms with Crippen molar-refractivity contribution < 1.29 is 14.3 Å². The third-order valence-corrected chi connectivity index (χ3v) is 3.53. The molecule has 1 heterocycles. The number of nitrogens with one attached hydrogen (secondary N) is 1. The number of carbonyl (C=O) groups excluding carboxylic acids is 2. The summed E-state index contributed by atoms with van der Waals surface area (Å²) in [7, 11) is 0. The summed E-state index contributed by atoms with van der Waals surface area (Å²) in [6.45, 7) is 4.34. The molecule has 0 radical (unpaired) electrons. The van der Waals surface area contributed by atoms with Crippen molar-refractivity contribution in [3.63, 3.8) is 0 Å². The number of rotatable bonds is 7. The predicted octanol–water partition coefficient (Wildman–Crippen LogP) is 1.58. The van der Waals surface area contributed by atoms with Gasteiger partial charge in [-0.15, -0.1) is 0 Å². The normalized spacial score (nSPS) is 18.0. The van der Waals surface area contributed by atoms with Crippen LogP contribution in [-0.2, 0) is 14.3 Å². The molecule has 5 heteroatoms. The van der Waals surface area contributed by atoms with Crippen LogP contribution in [0.1, 0.15) is 19.8 Å². The first-order valence-electron chi connectivity index (χ1n) is 7.43. The second-order valence-corrected chi connectivity index (χ2v) is 5.08. The molecule has 2 rings (SSSR count). The van der Waals surface area contributed by atoms with E-state index < -0.39 is 0 Å². The summed E-state index contributed by atoms with van der Waals surface area (Å²) in [5.41, 5.74) is 0.856. The molecule has 1 saturated heterocycles. The topological polar surface area (TPSA) is 58.6 Å². The van der Waals surface area contributed by atoms with Crippen LogP contribution in [0.25, 0.3) is 0 Å². The fourth-order valence-electron chi connectivity index (χ4n) is 2.42. The van der Waals surface area contributed by atoms with Gasteiger partial charge in [-0.05, 0) is 25.5 Å². The molecular weight excluding hydrogens is 268 g/mol. The molecule has 0 aromatic heterocycles. The number of carbonyl (C=O) groups is 2. The Balaban J connectivity index is 1.80. The Morgan fingerprint density at radius 3 is 2.86 bits per heavy atom. The summed E-state index contributed by atoms with van der Waals surface area (Å²) in [5, 5.41) is 2.88. The lowest BCUT2D eigenvalue weighted by atomic mass is 10.1. The minimum absolute atomic E-state index is 0.00988. The molecule has 114 valence electrons. The maximum Gasteiger partial charge on any atom is 0.227 e. The van der Waals surface area contributed by atoms with Crippen LogP contribution < -0.4 is 10.2 Å². The van der Waals surface area contributed by atoms with E-state index in [0.717, 1.165) is 12.1 Å². The largest absolute Gasteiger partial charge is 0.382 e. The Hall–Kier alpha value is -1.88. The summed E-state index contributed by atoms with van der Waals surface area (Å²) in [6, 6.07) is 9.47. The number of hydrogen-bond donors (Lipinski definition) is 1. The zero-order valence-corrected chi connectivity index (χ0v) is 12.4. The number of nitrogens with zero attached hydrogens (tertiary/aromatic N) is 1. The second kappa shape index (κ2) is 7.78. The maximum absolute atomic E-state index is 12.1. The minimum atomic E-state index is -0.259. The second-order valence-electron chi connectivity index (χ2n) is 5.08. The first-order valence-corrected chi connectivity index (χ1v) is 7.43. The monoisotopic (exact) mass is 290 g/mol. The third-order valence-electron chi connectivity index (χ3n) is 3.53. The maximum atomic E-state index is 12.1. The molecule has 1 fully saturated rings. The summed E-state index contributed by atoms with van der Waals surface area (Å²) >= 11 is 0. The predicted molar refractivity (Wildman–Crippen MR) is 81.0 cm³/mol. The van der Waals surface area contributed by atoms with E-state index in [1.54, 1.807) is 4.90 Å². The van der Waals surface area contributed by atoms with E-state index in [2.05, 4.69) is 5.32 Å². The van der Waals surface area contributed by atoms with Crippen LogP contribution in [0.4, 0.5) is 5.69 Å². The van der Waals surface area contributed by atoms with Gasteiger partial charge >= 0.3 is 0 Å². The number of benzene rings is 1. The molecule has 0 unspecified atom stereocenters. The van der Waals surface area contributed by atoms with Crippen LogP contribution in [0.5, 0.6) is 0 Å². The molecule has 0 saturated carbocycles. The summed E-state index contributed by atoms with van der Waals surface area (Å²) in [4.78, 5) is 25.8. The van der Waals surface area contributed by atoms with Gasteiger partial charge in [-0.2, -0.15) is 0 Å². The van der Waals surface area contributed by atoms with Gasteiger partial charge in [0, 0.05) is 38.4 Å². The van der Waals surface area contributed by atoms with Gasteiger partial charge in [0.25, 0.3) is 0 Å². The number of ether oxygens (including phenoxy) is 1. The highest BCUT2D eigenvalue weighted by atomic mass is 16.5. The molecule has 1 atom stereocenters. The summed E-state index contributed by atoms with van der Waals surface area (Å²) in [5.74, 6) is -0.293. The molecule has 5 nitrogen and oxygen atoms in total. The molecular formula is C16H22N2O3. The number of hydrogen-bond acceptors (Lipinski definition) is 3. The van der Waals surface area contributed by atoms with E-state index in [4.69, 9.17) is 4.74 Å². The standard InChI is InChI=1S/C16H22N2O3/c1-2-21-10-6-9-17-16(20)13-11-15(19)18(12-13)14-7-4-3-5-8-14/h3-5,7-8,13H,2,6,9-12H2,1H3,(H,17,20)/t13-/m1/s1. The zero-order valence-electron chi connectivity index (χ0n) is 12.4. The van der Waals surface area contributed by atoms with Crippen molar-refractivity contribution in [2.45, 2.75) is 19.8 Å². The van der Waals surface area contributed by atoms with Crippen LogP contribution in [0.15, 0.2) is 30.3 Å². The van der Waals surface area contributed by atoms with Gasteiger partial charge in [-0.3, -0.25) is 9.59 Å². The fourth-order valence-corrected chi connectivity index (χ4v) is 2.42. The lowest BCUT2D eigenvalue weighted by Crippen LogP contribution is -2.33. The molecule has 1 aromatic rings. The Labute approximate surface area is 125 Å². The lowest BCUT2D eigenvalue weighted by molar-refractivity contribution is -0.126. The highest BCUT2D eigenvalue weighted by molar-refractivity contribution is 6.00. The Morgan fingerprint density at radius 2 is 2.14 bits per heavy atom. The van der Waals surface area contributed by atoms with Crippen molar-refractivity contribution in [3.8, 4) is 0 Å². The molecule has 2 amide bonds. The average Bonchev–Trinajstić information content (AvgIpc) is 2.90. The van der Waals surface area contributed by atoms with Gasteiger partial charge in [-0.1, -0.05) is 18.2 Å². The van der Waals surface area contributed by atoms with Crippen molar-refractivity contribution in [2.75, 3.05) is 31.2 Å². The Kier molecular flexibility index (Phi) is 5.75. The van der Waals surface area contributed by atoms with Crippen molar-refractivity contribution in [2.24, 2.45) is 5.92 Å². The van der Waals surface area contributed by atoms with Crippen molar-refractivity contribution in [1.82, 2.24) is 5.32 Å². The number of amides is 2. The van der Waals surface area contributed by atoms with Crippen molar-refractivity contribution >= 4 is 17.5 Å². The Bertz CT molecular complexity index is 476. The lowest BCUT2D eigenvalue weighted by Gasteiger charge is -2.16. The first kappa shape index (κ1) is 15.5. The zero-order chi connectivity index (χ0) is 15.1. The van der Waals surface area contributed by atoms with Crippen LogP contribution in [-0.4, -0.2) is 38.1 Å². The number of para-hydroxylation sites is 1. The summed E-state index contributed by atoms with van der Waals surface area (Å²) < 4.78 is 5.22. The van der Waals surface area contributed by atoms with E-state index in [9.17, 15) is 9.59 Å². The average molecular weight is 290 g/mol. The van der Waals surface area contributed by atoms with Gasteiger partial charge in [-0.25, -0.2) is 0 Å². The van der Waals surface area contributed by atoms with E-state index in [1.807, 2.05) is 37.3 Å². The van der Waals surface area contributed by atoms with Crippen molar-refractivity contribution in [1.29, 1.82) is 0 Å². The van der Waals surface area contributed by atoms with E-state index in [1.165, 1.54) is 0 Å². The molecule has 0 bridgehead atoms. The first-order chi connectivity index (χ1) is 10.2.